The van der Waals surface area contributed by atoms with E-state index in [1.807, 2.05) is 60.7 Å². The third-order valence-electron chi connectivity index (χ3n) is 7.26. The minimum Gasteiger partial charge on any atom is -0.493 e. The van der Waals surface area contributed by atoms with Gasteiger partial charge in [-0.05, 0) is 48.7 Å². The number of aromatic nitrogens is 2. The largest absolute Gasteiger partial charge is 0.493 e. The topological polar surface area (TPSA) is 144 Å². The quantitative estimate of drug-likeness (QED) is 0.166. The summed E-state index contributed by atoms with van der Waals surface area (Å²) in [5.41, 5.74) is 1.67. The molecule has 3 N–H and O–H groups in total. The minimum atomic E-state index is -5.08. The van der Waals surface area contributed by atoms with Crippen LogP contribution in [-0.2, 0) is 16.1 Å². The third-order valence-corrected chi connectivity index (χ3v) is 7.26. The molecule has 0 bridgehead atoms. The number of carboxylic acids is 1. The predicted molar refractivity (Wildman–Crippen MR) is 175 cm³/mol. The van der Waals surface area contributed by atoms with Gasteiger partial charge in [0.15, 0.2) is 11.5 Å². The van der Waals surface area contributed by atoms with Crippen molar-refractivity contribution in [1.29, 1.82) is 0 Å². The Hall–Kier alpha value is -5.73. The predicted octanol–water partition coefficient (Wildman–Crippen LogP) is 6.20. The van der Waals surface area contributed by atoms with E-state index in [0.717, 1.165) is 42.3 Å². The lowest BCUT2D eigenvalue weighted by atomic mass is 9.97. The van der Waals surface area contributed by atoms with Crippen LogP contribution >= 0.6 is 0 Å². The molecule has 1 fully saturated rings. The molecule has 2 heterocycles. The van der Waals surface area contributed by atoms with Gasteiger partial charge in [-0.25, -0.2) is 9.78 Å². The van der Waals surface area contributed by atoms with E-state index >= 15 is 0 Å². The average molecular weight is 684 g/mol. The molecule has 0 radical (unpaired) electrons. The number of methoxy groups -OCH3 is 3. The Bertz CT molecular complexity index is 1680. The zero-order valence-electron chi connectivity index (χ0n) is 27.0. The van der Waals surface area contributed by atoms with Crippen LogP contribution < -0.4 is 34.5 Å². The summed E-state index contributed by atoms with van der Waals surface area (Å²) in [5, 5.41) is 13.5. The summed E-state index contributed by atoms with van der Waals surface area (Å²) in [7, 11) is 4.70. The minimum absolute atomic E-state index is 0.0268. The van der Waals surface area contributed by atoms with Gasteiger partial charge in [0, 0.05) is 43.7 Å². The van der Waals surface area contributed by atoms with E-state index in [4.69, 9.17) is 33.8 Å². The van der Waals surface area contributed by atoms with Crippen molar-refractivity contribution >= 4 is 29.3 Å². The molecule has 3 aromatic carbocycles. The molecule has 5 rings (SSSR count). The van der Waals surface area contributed by atoms with Crippen molar-refractivity contribution in [2.75, 3.05) is 44.6 Å². The molecule has 1 saturated heterocycles. The van der Waals surface area contributed by atoms with Crippen LogP contribution in [0.2, 0.25) is 0 Å². The normalized spacial score (nSPS) is 14.1. The highest BCUT2D eigenvalue weighted by Crippen LogP contribution is 2.40. The van der Waals surface area contributed by atoms with Crippen LogP contribution in [0.4, 0.5) is 30.6 Å². The Morgan fingerprint density at radius 3 is 2.24 bits per heavy atom. The number of carbonyl (C=O) groups excluding carboxylic acids is 1. The number of nitrogens with zero attached hydrogens (tertiary/aromatic N) is 3. The molecule has 0 spiro atoms. The summed E-state index contributed by atoms with van der Waals surface area (Å²) in [6.45, 7) is 1.81. The van der Waals surface area contributed by atoms with Gasteiger partial charge >= 0.3 is 12.1 Å². The van der Waals surface area contributed by atoms with Crippen molar-refractivity contribution in [1.82, 2.24) is 15.3 Å². The maximum atomic E-state index is 13.2. The Morgan fingerprint density at radius 2 is 1.61 bits per heavy atom. The van der Waals surface area contributed by atoms with Gasteiger partial charge < -0.3 is 39.6 Å². The maximum absolute atomic E-state index is 13.2. The molecule has 49 heavy (non-hydrogen) atoms. The number of hydrogen-bond donors (Lipinski definition) is 3. The molecule has 0 saturated carbocycles. The second-order valence-electron chi connectivity index (χ2n) is 10.6. The summed E-state index contributed by atoms with van der Waals surface area (Å²) in [6.07, 6.45) is -1.67. The molecule has 1 atom stereocenters. The van der Waals surface area contributed by atoms with Gasteiger partial charge in [-0.3, -0.25) is 4.79 Å². The van der Waals surface area contributed by atoms with Crippen molar-refractivity contribution in [3.8, 4) is 28.7 Å². The first kappa shape index (κ1) is 36.1. The molecule has 1 aliphatic rings. The van der Waals surface area contributed by atoms with Gasteiger partial charge in [-0.15, -0.1) is 0 Å². The number of rotatable bonds is 11. The van der Waals surface area contributed by atoms with E-state index in [-0.39, 0.29) is 11.8 Å². The van der Waals surface area contributed by atoms with Gasteiger partial charge in [0.2, 0.25) is 17.6 Å². The average Bonchev–Trinajstić information content (AvgIpc) is 3.10. The first-order valence-electron chi connectivity index (χ1n) is 15.1. The highest BCUT2D eigenvalue weighted by Gasteiger charge is 2.38. The van der Waals surface area contributed by atoms with E-state index in [2.05, 4.69) is 20.5 Å². The van der Waals surface area contributed by atoms with Gasteiger partial charge in [-0.2, -0.15) is 18.2 Å². The number of piperidine rings is 1. The molecule has 260 valence electrons. The number of hydrogen-bond acceptors (Lipinski definition) is 10. The number of benzene rings is 3. The zero-order valence-corrected chi connectivity index (χ0v) is 27.0. The van der Waals surface area contributed by atoms with Gasteiger partial charge in [0.25, 0.3) is 0 Å². The fraction of sp³-hybridized carbons (Fsp3) is 0.294. The Labute approximate surface area is 280 Å². The van der Waals surface area contributed by atoms with E-state index in [0.29, 0.717) is 42.0 Å². The first-order valence-corrected chi connectivity index (χ1v) is 15.1. The van der Waals surface area contributed by atoms with Crippen LogP contribution in [-0.4, -0.2) is 67.5 Å². The van der Waals surface area contributed by atoms with Crippen molar-refractivity contribution in [2.45, 2.75) is 25.6 Å². The first-order chi connectivity index (χ1) is 23.5. The zero-order chi connectivity index (χ0) is 35.4. The number of amides is 1. The van der Waals surface area contributed by atoms with Gasteiger partial charge in [-0.1, -0.05) is 30.3 Å². The van der Waals surface area contributed by atoms with Gasteiger partial charge in [0.1, 0.15) is 17.3 Å². The Morgan fingerprint density at radius 1 is 0.939 bits per heavy atom. The van der Waals surface area contributed by atoms with Crippen molar-refractivity contribution in [3.05, 3.63) is 84.6 Å². The molecule has 12 nitrogen and oxygen atoms in total. The number of aliphatic carboxylic acids is 1. The van der Waals surface area contributed by atoms with E-state index in [9.17, 15) is 18.0 Å². The summed E-state index contributed by atoms with van der Waals surface area (Å²) < 4.78 is 54.0. The summed E-state index contributed by atoms with van der Waals surface area (Å²) in [4.78, 5) is 33.3. The smallest absolute Gasteiger partial charge is 0.490 e. The molecule has 4 aromatic rings. The number of alkyl halides is 3. The molecule has 15 heteroatoms. The third kappa shape index (κ3) is 10.4. The second kappa shape index (κ2) is 16.9. The summed E-state index contributed by atoms with van der Waals surface area (Å²) in [5.74, 6) is 1.35. The number of para-hydroxylation sites is 1. The standard InChI is InChI=1S/C32H35N5O5.C2HF3O2/c1-39-27-18-24(19-28(40-2)30(27)41-3)35-32-33-15-14-29(36-32)37-16-8-10-23(21-37)31(38)34-20-22-9-7-13-26(17-22)42-25-11-5-4-6-12-25;3-2(4,5)1(6)7/h4-7,9,11-15,17-19,23H,8,10,16,20-21H2,1-3H3,(H,34,38)(H,33,35,36);(H,6,7)/t23-;/m0./s1. The summed E-state index contributed by atoms with van der Waals surface area (Å²) in [6, 6.07) is 22.8. The molecular weight excluding hydrogens is 647 g/mol. The molecule has 0 unspecified atom stereocenters. The Balaban J connectivity index is 0.000000698. The van der Waals surface area contributed by atoms with Crippen molar-refractivity contribution in [2.24, 2.45) is 5.92 Å². The van der Waals surface area contributed by atoms with Crippen LogP contribution in [0.3, 0.4) is 0 Å². The fourth-order valence-electron chi connectivity index (χ4n) is 4.94. The number of nitrogens with one attached hydrogen (secondary N) is 2. The Kier molecular flexibility index (Phi) is 12.5. The second-order valence-corrected chi connectivity index (χ2v) is 10.6. The number of carbonyl (C=O) groups is 2. The highest BCUT2D eigenvalue weighted by atomic mass is 19.4. The van der Waals surface area contributed by atoms with Gasteiger partial charge in [0.05, 0.1) is 27.2 Å². The lowest BCUT2D eigenvalue weighted by Gasteiger charge is -2.33. The van der Waals surface area contributed by atoms with E-state index in [1.165, 1.54) is 0 Å². The van der Waals surface area contributed by atoms with E-state index in [1.54, 1.807) is 39.7 Å². The van der Waals surface area contributed by atoms with Crippen LogP contribution in [0.15, 0.2) is 79.0 Å². The van der Waals surface area contributed by atoms with Crippen molar-refractivity contribution in [3.63, 3.8) is 0 Å². The molecular formula is C34H36F3N5O7. The number of anilines is 3. The fourth-order valence-corrected chi connectivity index (χ4v) is 4.94. The van der Waals surface area contributed by atoms with Crippen LogP contribution in [0.1, 0.15) is 18.4 Å². The molecule has 1 amide bonds. The number of halogens is 3. The van der Waals surface area contributed by atoms with Crippen LogP contribution in [0.5, 0.6) is 28.7 Å². The lowest BCUT2D eigenvalue weighted by Crippen LogP contribution is -2.43. The van der Waals surface area contributed by atoms with Crippen LogP contribution in [0.25, 0.3) is 0 Å². The van der Waals surface area contributed by atoms with E-state index < -0.39 is 12.1 Å². The monoisotopic (exact) mass is 683 g/mol. The van der Waals surface area contributed by atoms with Crippen molar-refractivity contribution < 1.29 is 46.8 Å². The lowest BCUT2D eigenvalue weighted by molar-refractivity contribution is -0.192. The maximum Gasteiger partial charge on any atom is 0.490 e. The molecule has 1 aliphatic heterocycles. The SMILES string of the molecule is COc1cc(Nc2nccc(N3CCC[C@H](C(=O)NCc4cccc(Oc5ccccc5)c4)C3)n2)cc(OC)c1OC.O=C(O)C(F)(F)F. The number of carboxylic acid groups (broad SMARTS) is 1. The summed E-state index contributed by atoms with van der Waals surface area (Å²) >= 11 is 0. The van der Waals surface area contributed by atoms with Crippen LogP contribution in [0, 0.1) is 5.92 Å². The highest BCUT2D eigenvalue weighted by molar-refractivity contribution is 5.79. The number of ether oxygens (including phenoxy) is 4. The molecule has 1 aromatic heterocycles. The molecule has 0 aliphatic carbocycles.